The van der Waals surface area contributed by atoms with Crippen LogP contribution in [0.1, 0.15) is 48.4 Å². The van der Waals surface area contributed by atoms with Gasteiger partial charge in [-0.3, -0.25) is 14.6 Å². The third-order valence-corrected chi connectivity index (χ3v) is 6.99. The van der Waals surface area contributed by atoms with Gasteiger partial charge < -0.3 is 25.2 Å². The van der Waals surface area contributed by atoms with E-state index in [0.717, 1.165) is 16.7 Å². The number of aliphatic hydroxyl groups excluding tert-OH is 1. The van der Waals surface area contributed by atoms with E-state index in [9.17, 15) is 14.7 Å². The number of rotatable bonds is 8. The average Bonchev–Trinajstić information content (AvgIpc) is 3.27. The lowest BCUT2D eigenvalue weighted by atomic mass is 9.84. The molecule has 3 heterocycles. The van der Waals surface area contributed by atoms with Crippen molar-refractivity contribution in [2.45, 2.75) is 56.5 Å². The predicted octanol–water partition coefficient (Wildman–Crippen LogP) is 3.52. The van der Waals surface area contributed by atoms with E-state index in [0.29, 0.717) is 17.9 Å². The Bertz CT molecular complexity index is 1240. The van der Waals surface area contributed by atoms with Crippen LogP contribution in [0.5, 0.6) is 5.75 Å². The maximum Gasteiger partial charge on any atom is 0.228 e. The minimum Gasteiger partial charge on any atom is -0.487 e. The van der Waals surface area contributed by atoms with Crippen LogP contribution < -0.4 is 15.4 Å². The molecule has 1 aromatic heterocycles. The van der Waals surface area contributed by atoms with E-state index in [4.69, 9.17) is 9.47 Å². The highest BCUT2D eigenvalue weighted by atomic mass is 16.6. The molecule has 3 N–H and O–H groups in total. The van der Waals surface area contributed by atoms with Gasteiger partial charge in [0, 0.05) is 29.6 Å². The van der Waals surface area contributed by atoms with E-state index in [1.54, 1.807) is 12.4 Å². The minimum atomic E-state index is -0.541. The lowest BCUT2D eigenvalue weighted by Crippen LogP contribution is -2.47. The number of benzene rings is 2. The first-order valence-corrected chi connectivity index (χ1v) is 12.6. The summed E-state index contributed by atoms with van der Waals surface area (Å²) >= 11 is 0. The van der Waals surface area contributed by atoms with Gasteiger partial charge >= 0.3 is 0 Å². The number of pyridine rings is 1. The number of carbonyl (C=O) groups is 2. The lowest BCUT2D eigenvalue weighted by Gasteiger charge is -2.37. The normalized spacial score (nSPS) is 22.8. The summed E-state index contributed by atoms with van der Waals surface area (Å²) in [6, 6.07) is 18.9. The summed E-state index contributed by atoms with van der Waals surface area (Å²) in [7, 11) is 0. The highest BCUT2D eigenvalue weighted by Crippen LogP contribution is 2.47. The Morgan fingerprint density at radius 3 is 2.62 bits per heavy atom. The van der Waals surface area contributed by atoms with E-state index < -0.39 is 6.10 Å². The van der Waals surface area contributed by atoms with Crippen LogP contribution in [-0.2, 0) is 20.7 Å². The zero-order valence-electron chi connectivity index (χ0n) is 20.7. The van der Waals surface area contributed by atoms with Gasteiger partial charge in [0.25, 0.3) is 0 Å². The Labute approximate surface area is 216 Å². The molecular formula is C29H31N3O5. The summed E-state index contributed by atoms with van der Waals surface area (Å²) in [6.07, 6.45) is 3.10. The van der Waals surface area contributed by atoms with Crippen LogP contribution in [0.3, 0.4) is 0 Å². The number of amides is 2. The average molecular weight is 502 g/mol. The monoisotopic (exact) mass is 501 g/mol. The molecule has 2 aliphatic rings. The number of aromatic nitrogens is 1. The number of nitrogens with zero attached hydrogens (tertiary/aromatic N) is 1. The van der Waals surface area contributed by atoms with E-state index in [1.165, 1.54) is 0 Å². The van der Waals surface area contributed by atoms with Crippen LogP contribution in [0.4, 0.5) is 5.69 Å². The maximum atomic E-state index is 12.8. The van der Waals surface area contributed by atoms with Crippen molar-refractivity contribution in [1.29, 1.82) is 0 Å². The molecule has 0 bridgehead atoms. The quantitative estimate of drug-likeness (QED) is 0.436. The third kappa shape index (κ3) is 5.81. The van der Waals surface area contributed by atoms with Crippen molar-refractivity contribution < 1.29 is 24.2 Å². The van der Waals surface area contributed by atoms with Crippen LogP contribution in [0.25, 0.3) is 0 Å². The van der Waals surface area contributed by atoms with Gasteiger partial charge in [0.15, 0.2) is 0 Å². The summed E-state index contributed by atoms with van der Waals surface area (Å²) in [4.78, 5) is 29.4. The first-order chi connectivity index (χ1) is 18.0. The van der Waals surface area contributed by atoms with Gasteiger partial charge in [-0.25, -0.2) is 0 Å². The number of ether oxygens (including phenoxy) is 2. The van der Waals surface area contributed by atoms with E-state index in [-0.39, 0.29) is 55.4 Å². The number of hydrogen-bond donors (Lipinski definition) is 3. The summed E-state index contributed by atoms with van der Waals surface area (Å²) < 4.78 is 12.2. The van der Waals surface area contributed by atoms with Crippen LogP contribution in [0.15, 0.2) is 73.1 Å². The Morgan fingerprint density at radius 2 is 1.86 bits per heavy atom. The number of aliphatic hydroxyl groups is 1. The van der Waals surface area contributed by atoms with Crippen LogP contribution >= 0.6 is 0 Å². The molecule has 37 heavy (non-hydrogen) atoms. The second-order valence-electron chi connectivity index (χ2n) is 9.64. The number of fused-ring (bicyclic) bond motifs is 3. The first-order valence-electron chi connectivity index (χ1n) is 12.6. The van der Waals surface area contributed by atoms with Crippen molar-refractivity contribution >= 4 is 17.5 Å². The van der Waals surface area contributed by atoms with Gasteiger partial charge in [0.1, 0.15) is 18.0 Å². The number of anilines is 1. The van der Waals surface area contributed by atoms with Gasteiger partial charge in [0.2, 0.25) is 11.8 Å². The molecule has 192 valence electrons. The van der Waals surface area contributed by atoms with Gasteiger partial charge in [-0.15, -0.1) is 0 Å². The standard InChI is InChI=1S/C29H31N3O5/c1-18(20-5-3-2-4-6-20)31-28(35)16-22-15-24-23-14-21(32-27(34)13-19-9-11-30-12-10-19)7-8-25(23)37-29(24)26(17-33)36-22/h2-12,14,18,22,24,26,29,33H,13,15-17H2,1H3,(H,31,35)(H,32,34)/t18-,22+,24-,26-,29+/m0/s1. The first kappa shape index (κ1) is 24.9. The van der Waals surface area contributed by atoms with Gasteiger partial charge in [-0.2, -0.15) is 0 Å². The fourth-order valence-electron chi connectivity index (χ4n) is 5.19. The summed E-state index contributed by atoms with van der Waals surface area (Å²) in [5.74, 6) is 0.436. The van der Waals surface area contributed by atoms with Gasteiger partial charge in [-0.05, 0) is 54.8 Å². The molecule has 3 aromatic rings. The molecule has 2 aliphatic heterocycles. The molecule has 1 fully saturated rings. The second kappa shape index (κ2) is 11.1. The van der Waals surface area contributed by atoms with Crippen LogP contribution in [-0.4, -0.2) is 46.8 Å². The molecule has 0 saturated carbocycles. The van der Waals surface area contributed by atoms with Crippen molar-refractivity contribution in [2.75, 3.05) is 11.9 Å². The maximum absolute atomic E-state index is 12.8. The summed E-state index contributed by atoms with van der Waals surface area (Å²) in [5.41, 5.74) is 3.55. The molecule has 0 aliphatic carbocycles. The van der Waals surface area contributed by atoms with E-state index in [1.807, 2.05) is 67.6 Å². The Balaban J connectivity index is 1.25. The van der Waals surface area contributed by atoms with Crippen LogP contribution in [0, 0.1) is 0 Å². The largest absolute Gasteiger partial charge is 0.487 e. The fourth-order valence-corrected chi connectivity index (χ4v) is 5.19. The number of nitrogens with one attached hydrogen (secondary N) is 2. The molecule has 8 heteroatoms. The molecule has 1 saturated heterocycles. The molecule has 2 aromatic carbocycles. The predicted molar refractivity (Wildman–Crippen MR) is 138 cm³/mol. The molecular weight excluding hydrogens is 470 g/mol. The molecule has 8 nitrogen and oxygen atoms in total. The fraction of sp³-hybridized carbons (Fsp3) is 0.345. The third-order valence-electron chi connectivity index (χ3n) is 6.99. The molecule has 5 atom stereocenters. The molecule has 0 radical (unpaired) electrons. The van der Waals surface area contributed by atoms with Crippen LogP contribution in [0.2, 0.25) is 0 Å². The molecule has 5 rings (SSSR count). The van der Waals surface area contributed by atoms with Crippen molar-refractivity contribution in [3.05, 3.63) is 89.7 Å². The van der Waals surface area contributed by atoms with Crippen molar-refractivity contribution in [3.63, 3.8) is 0 Å². The Morgan fingerprint density at radius 1 is 1.08 bits per heavy atom. The Hall–Kier alpha value is -3.75. The lowest BCUT2D eigenvalue weighted by molar-refractivity contribution is -0.142. The zero-order chi connectivity index (χ0) is 25.8. The SMILES string of the molecule is C[C@H](NC(=O)C[C@H]1C[C@H]2c3cc(NC(=O)Cc4ccncc4)ccc3O[C@H]2[C@H](CO)O1)c1ccccc1. The number of hydrogen-bond acceptors (Lipinski definition) is 6. The van der Waals surface area contributed by atoms with Gasteiger partial charge in [0.05, 0.1) is 31.6 Å². The molecule has 0 unspecified atom stereocenters. The smallest absolute Gasteiger partial charge is 0.228 e. The van der Waals surface area contributed by atoms with E-state index >= 15 is 0 Å². The van der Waals surface area contributed by atoms with Crippen molar-refractivity contribution in [3.8, 4) is 5.75 Å². The number of carbonyl (C=O) groups excluding carboxylic acids is 2. The van der Waals surface area contributed by atoms with Gasteiger partial charge in [-0.1, -0.05) is 30.3 Å². The zero-order valence-corrected chi connectivity index (χ0v) is 20.7. The topological polar surface area (TPSA) is 110 Å². The minimum absolute atomic E-state index is 0.0534. The highest BCUT2D eigenvalue weighted by molar-refractivity contribution is 5.92. The van der Waals surface area contributed by atoms with Crippen molar-refractivity contribution in [1.82, 2.24) is 10.3 Å². The summed E-state index contributed by atoms with van der Waals surface area (Å²) in [6.45, 7) is 1.75. The second-order valence-corrected chi connectivity index (χ2v) is 9.64. The highest BCUT2D eigenvalue weighted by Gasteiger charge is 2.46. The van der Waals surface area contributed by atoms with Crippen molar-refractivity contribution in [2.24, 2.45) is 0 Å². The molecule has 0 spiro atoms. The molecule has 2 amide bonds. The summed E-state index contributed by atoms with van der Waals surface area (Å²) in [5, 5.41) is 16.0. The Kier molecular flexibility index (Phi) is 7.48. The van der Waals surface area contributed by atoms with E-state index in [2.05, 4.69) is 15.6 Å².